The van der Waals surface area contributed by atoms with E-state index in [2.05, 4.69) is 10.9 Å². The van der Waals surface area contributed by atoms with Gasteiger partial charge in [0.25, 0.3) is 0 Å². The smallest absolute Gasteiger partial charge is 0.247 e. The molecule has 1 unspecified atom stereocenters. The lowest BCUT2D eigenvalue weighted by atomic mass is 9.82. The molecular weight excluding hydrogens is 494 g/mol. The lowest BCUT2D eigenvalue weighted by molar-refractivity contribution is -0.203. The first kappa shape index (κ1) is 31.0. The van der Waals surface area contributed by atoms with E-state index in [1.54, 1.807) is 0 Å². The molecule has 2 rings (SSSR count). The van der Waals surface area contributed by atoms with E-state index in [4.69, 9.17) is 9.57 Å². The topological polar surface area (TPSA) is 114 Å². The van der Waals surface area contributed by atoms with E-state index in [0.717, 1.165) is 29.1 Å². The van der Waals surface area contributed by atoms with Crippen molar-refractivity contribution in [2.24, 2.45) is 23.7 Å². The van der Waals surface area contributed by atoms with Crippen LogP contribution in [0.15, 0.2) is 36.4 Å². The Bertz CT molecular complexity index is 975. The molecule has 3 atom stereocenters. The average molecular weight is 538 g/mol. The second kappa shape index (κ2) is 15.2. The van der Waals surface area contributed by atoms with Gasteiger partial charge in [-0.3, -0.25) is 15.0 Å². The van der Waals surface area contributed by atoms with Crippen LogP contribution in [-0.4, -0.2) is 50.3 Å². The van der Waals surface area contributed by atoms with Gasteiger partial charge in [-0.1, -0.05) is 70.2 Å². The molecule has 1 aromatic rings. The first-order chi connectivity index (χ1) is 17.5. The number of carbonyl (C=O) groups is 2. The molecule has 1 aromatic carbocycles. The maximum absolute atomic E-state index is 13.5. The Morgan fingerprint density at radius 2 is 1.78 bits per heavy atom. The van der Waals surface area contributed by atoms with Crippen molar-refractivity contribution in [1.29, 1.82) is 0 Å². The van der Waals surface area contributed by atoms with E-state index in [9.17, 15) is 18.0 Å². The Hall–Kier alpha value is -2.27. The number of hydrazine groups is 1. The molecule has 0 saturated carbocycles. The highest BCUT2D eigenvalue weighted by molar-refractivity contribution is 7.88. The van der Waals surface area contributed by atoms with Gasteiger partial charge in [0.05, 0.1) is 18.1 Å². The molecule has 9 nitrogen and oxygen atoms in total. The lowest BCUT2D eigenvalue weighted by Crippen LogP contribution is -2.52. The number of allylic oxidation sites excluding steroid dienone is 1. The summed E-state index contributed by atoms with van der Waals surface area (Å²) >= 11 is 0. The number of nitrogens with one attached hydrogen (secondary N) is 2. The summed E-state index contributed by atoms with van der Waals surface area (Å²) in [5.41, 5.74) is 6.07. The minimum atomic E-state index is -3.70. The summed E-state index contributed by atoms with van der Waals surface area (Å²) in [4.78, 5) is 32.4. The fraction of sp³-hybridized carbons (Fsp3) is 0.630. The maximum Gasteiger partial charge on any atom is 0.247 e. The monoisotopic (exact) mass is 537 g/mol. The van der Waals surface area contributed by atoms with Gasteiger partial charge < -0.3 is 4.74 Å². The van der Waals surface area contributed by atoms with Crippen LogP contribution >= 0.6 is 0 Å². The van der Waals surface area contributed by atoms with Crippen molar-refractivity contribution in [2.45, 2.75) is 66.1 Å². The fourth-order valence-electron chi connectivity index (χ4n) is 4.14. The van der Waals surface area contributed by atoms with Crippen molar-refractivity contribution in [2.75, 3.05) is 19.4 Å². The molecule has 0 aromatic heterocycles. The fourth-order valence-corrected chi connectivity index (χ4v) is 4.96. The maximum atomic E-state index is 13.5. The Labute approximate surface area is 221 Å². The second-order valence-corrected chi connectivity index (χ2v) is 12.3. The summed E-state index contributed by atoms with van der Waals surface area (Å²) in [5.74, 6) is -2.44. The molecule has 0 bridgehead atoms. The number of amides is 2. The molecule has 2 amide bonds. The molecule has 208 valence electrons. The van der Waals surface area contributed by atoms with Crippen LogP contribution in [-0.2, 0) is 29.2 Å². The molecule has 0 spiro atoms. The zero-order valence-corrected chi connectivity index (χ0v) is 23.5. The molecule has 10 heteroatoms. The van der Waals surface area contributed by atoms with Crippen LogP contribution in [0.4, 0.5) is 0 Å². The van der Waals surface area contributed by atoms with E-state index in [1.165, 1.54) is 0 Å². The second-order valence-electron chi connectivity index (χ2n) is 10.4. The number of hydrogen-bond donors (Lipinski definition) is 2. The predicted molar refractivity (Wildman–Crippen MR) is 144 cm³/mol. The average Bonchev–Trinajstić information content (AvgIpc) is 2.84. The van der Waals surface area contributed by atoms with E-state index >= 15 is 0 Å². The lowest BCUT2D eigenvalue weighted by Gasteiger charge is -2.30. The van der Waals surface area contributed by atoms with Crippen LogP contribution in [0.25, 0.3) is 6.08 Å². The van der Waals surface area contributed by atoms with Gasteiger partial charge in [-0.15, -0.1) is 4.41 Å². The number of benzene rings is 1. The first-order valence-corrected chi connectivity index (χ1v) is 14.9. The van der Waals surface area contributed by atoms with Gasteiger partial charge >= 0.3 is 0 Å². The third-order valence-corrected chi connectivity index (χ3v) is 7.02. The van der Waals surface area contributed by atoms with Gasteiger partial charge in [0.1, 0.15) is 0 Å². The highest BCUT2D eigenvalue weighted by Gasteiger charge is 2.36. The van der Waals surface area contributed by atoms with Gasteiger partial charge in [0.2, 0.25) is 21.8 Å². The van der Waals surface area contributed by atoms with E-state index in [0.29, 0.717) is 19.4 Å². The Balaban J connectivity index is 2.28. The Morgan fingerprint density at radius 3 is 2.35 bits per heavy atom. The molecule has 1 aliphatic heterocycles. The minimum Gasteiger partial charge on any atom is -0.350 e. The van der Waals surface area contributed by atoms with Crippen LogP contribution in [0.5, 0.6) is 0 Å². The number of sulfonamides is 1. The number of carbonyl (C=O) groups excluding carboxylic acids is 2. The van der Waals surface area contributed by atoms with Crippen LogP contribution < -0.4 is 10.9 Å². The quantitative estimate of drug-likeness (QED) is 0.348. The van der Waals surface area contributed by atoms with Crippen molar-refractivity contribution in [1.82, 2.24) is 15.3 Å². The van der Waals surface area contributed by atoms with Gasteiger partial charge in [0, 0.05) is 19.6 Å². The highest BCUT2D eigenvalue weighted by atomic mass is 32.2. The molecule has 1 saturated heterocycles. The third-order valence-electron chi connectivity index (χ3n) is 5.98. The number of hydrogen-bond acceptors (Lipinski definition) is 6. The zero-order chi connectivity index (χ0) is 27.4. The minimum absolute atomic E-state index is 0.00429. The van der Waals surface area contributed by atoms with Crippen molar-refractivity contribution >= 4 is 27.9 Å². The largest absolute Gasteiger partial charge is 0.350 e. The van der Waals surface area contributed by atoms with E-state index in [1.807, 2.05) is 70.2 Å². The summed E-state index contributed by atoms with van der Waals surface area (Å²) in [7, 11) is -3.70. The van der Waals surface area contributed by atoms with Crippen molar-refractivity contribution in [3.8, 4) is 0 Å². The van der Waals surface area contributed by atoms with Crippen LogP contribution in [0.1, 0.15) is 65.4 Å². The normalized spacial score (nSPS) is 18.3. The van der Waals surface area contributed by atoms with Crippen molar-refractivity contribution in [3.05, 3.63) is 42.0 Å². The molecule has 1 heterocycles. The summed E-state index contributed by atoms with van der Waals surface area (Å²) in [6, 6.07) is 9.66. The molecule has 37 heavy (non-hydrogen) atoms. The van der Waals surface area contributed by atoms with Crippen molar-refractivity contribution in [3.63, 3.8) is 0 Å². The summed E-state index contributed by atoms with van der Waals surface area (Å²) < 4.78 is 31.2. The van der Waals surface area contributed by atoms with Crippen LogP contribution in [0, 0.1) is 23.7 Å². The molecule has 0 aliphatic carbocycles. The van der Waals surface area contributed by atoms with Crippen LogP contribution in [0.3, 0.4) is 0 Å². The standard InChI is InChI=1S/C27H43N3O6S/c1-20(2)18-24(26(31)28-30(19-21(3)4)37(5,33)34)23(15-11-14-22-12-7-6-8-13-22)27(32)29-36-25-16-9-10-17-35-25/h6-8,11-14,20-21,23-25H,9-10,15-19H2,1-5H3,(H,28,31)(H,29,32)/t23-,24?,25+/m1/s1. The highest BCUT2D eigenvalue weighted by Crippen LogP contribution is 2.26. The SMILES string of the molecule is CC(C)CC(C(=O)NN(CC(C)C)S(C)(=O)=O)[C@@H](CC=Cc1ccccc1)C(=O)NO[C@H]1CCCCO1. The summed E-state index contributed by atoms with van der Waals surface area (Å²) in [6.07, 6.45) is 7.51. The summed E-state index contributed by atoms with van der Waals surface area (Å²) in [5, 5.41) is 0. The van der Waals surface area contributed by atoms with Gasteiger partial charge in [-0.2, -0.15) is 0 Å². The molecule has 1 aliphatic rings. The van der Waals surface area contributed by atoms with Crippen LogP contribution in [0.2, 0.25) is 0 Å². The summed E-state index contributed by atoms with van der Waals surface area (Å²) in [6.45, 7) is 8.36. The van der Waals surface area contributed by atoms with Gasteiger partial charge in [-0.25, -0.2) is 18.7 Å². The number of rotatable bonds is 14. The molecule has 0 radical (unpaired) electrons. The van der Waals surface area contributed by atoms with Crippen molar-refractivity contribution < 1.29 is 27.6 Å². The molecule has 1 fully saturated rings. The predicted octanol–water partition coefficient (Wildman–Crippen LogP) is 3.89. The van der Waals surface area contributed by atoms with Gasteiger partial charge in [0.15, 0.2) is 6.29 Å². The number of nitrogens with zero attached hydrogens (tertiary/aromatic N) is 1. The van der Waals surface area contributed by atoms with E-state index in [-0.39, 0.29) is 24.8 Å². The number of ether oxygens (including phenoxy) is 1. The Morgan fingerprint density at radius 1 is 1.08 bits per heavy atom. The van der Waals surface area contributed by atoms with Gasteiger partial charge in [-0.05, 0) is 43.1 Å². The first-order valence-electron chi connectivity index (χ1n) is 13.0. The third kappa shape index (κ3) is 11.3. The zero-order valence-electron chi connectivity index (χ0n) is 22.7. The van der Waals surface area contributed by atoms with E-state index < -0.39 is 40.0 Å². The number of hydroxylamine groups is 1. The Kier molecular flexibility index (Phi) is 12.7. The molecular formula is C27H43N3O6S. The molecule has 2 N–H and O–H groups in total.